The van der Waals surface area contributed by atoms with Crippen LogP contribution in [0, 0.1) is 17.2 Å². The number of hydrogen-bond acceptors (Lipinski definition) is 10. The predicted octanol–water partition coefficient (Wildman–Crippen LogP) is 3.67. The van der Waals surface area contributed by atoms with E-state index in [-0.39, 0.29) is 30.0 Å². The van der Waals surface area contributed by atoms with E-state index in [9.17, 15) is 14.4 Å². The van der Waals surface area contributed by atoms with E-state index in [1.165, 1.54) is 4.90 Å². The fourth-order valence-electron chi connectivity index (χ4n) is 9.67. The van der Waals surface area contributed by atoms with Crippen LogP contribution in [0.3, 0.4) is 0 Å². The lowest BCUT2D eigenvalue weighted by molar-refractivity contribution is -0.151. The molecule has 1 unspecified atom stereocenters. The van der Waals surface area contributed by atoms with Crippen LogP contribution < -0.4 is 15.4 Å². The molecule has 2 N–H and O–H groups in total. The van der Waals surface area contributed by atoms with Gasteiger partial charge in [0.2, 0.25) is 0 Å². The molecular weight excluding hydrogens is 625 g/mol. The first kappa shape index (κ1) is 30.8. The summed E-state index contributed by atoms with van der Waals surface area (Å²) in [4.78, 5) is 28.9. The van der Waals surface area contributed by atoms with Gasteiger partial charge in [-0.25, -0.2) is 4.39 Å². The second kappa shape index (κ2) is 11.1. The number of aromatic nitrogens is 4. The molecule has 1 aromatic carbocycles. The molecule has 12 nitrogen and oxygen atoms in total. The summed E-state index contributed by atoms with van der Waals surface area (Å²) >= 11 is 0. The van der Waals surface area contributed by atoms with Gasteiger partial charge >= 0.3 is 6.01 Å². The van der Waals surface area contributed by atoms with Gasteiger partial charge in [-0.05, 0) is 68.2 Å². The third-order valence-corrected chi connectivity index (χ3v) is 12.2. The van der Waals surface area contributed by atoms with Crippen molar-refractivity contribution in [3.8, 4) is 12.1 Å². The molecule has 2 aromatic heterocycles. The number of ether oxygens (including phenoxy) is 2. The number of nitrogens with two attached hydrogens (primary N) is 1. The summed E-state index contributed by atoms with van der Waals surface area (Å²) in [6.07, 6.45) is 4.82. The second-order valence-electron chi connectivity index (χ2n) is 15.2. The van der Waals surface area contributed by atoms with Gasteiger partial charge < -0.3 is 25.0 Å². The number of alkyl halides is 1. The van der Waals surface area contributed by atoms with Crippen LogP contribution in [0.5, 0.6) is 6.01 Å². The average Bonchev–Trinajstić information content (AvgIpc) is 3.69. The van der Waals surface area contributed by atoms with Crippen LogP contribution in [0.1, 0.15) is 88.6 Å². The number of nitrogens with zero attached hydrogens (tertiary/aromatic N) is 8. The minimum Gasteiger partial charge on any atom is -0.461 e. The maximum absolute atomic E-state index is 14.6. The third kappa shape index (κ3) is 4.66. The first-order valence-electron chi connectivity index (χ1n) is 17.6. The molecule has 0 radical (unpaired) electrons. The Labute approximate surface area is 285 Å². The van der Waals surface area contributed by atoms with Gasteiger partial charge in [0.25, 0.3) is 5.91 Å². The molecule has 2 saturated heterocycles. The lowest BCUT2D eigenvalue weighted by Crippen LogP contribution is -2.53. The Morgan fingerprint density at radius 2 is 2.08 bits per heavy atom. The van der Waals surface area contributed by atoms with Gasteiger partial charge in [-0.15, -0.1) is 0 Å². The van der Waals surface area contributed by atoms with Crippen molar-refractivity contribution in [1.82, 2.24) is 29.5 Å². The molecular formula is C36H42FN9O3. The van der Waals surface area contributed by atoms with E-state index in [1.54, 1.807) is 14.1 Å². The summed E-state index contributed by atoms with van der Waals surface area (Å²) in [6, 6.07) is 8.49. The Bertz CT molecular complexity index is 1900. The van der Waals surface area contributed by atoms with E-state index in [2.05, 4.69) is 27.0 Å². The number of aryl methyl sites for hydroxylation is 1. The van der Waals surface area contributed by atoms with Gasteiger partial charge in [0.1, 0.15) is 30.3 Å². The zero-order chi connectivity index (χ0) is 33.7. The standard InChI is InChI=1S/C36H42FN9O3/c1-43(2)33(47)29-13-24-18-44(8-4-10-46(24)42-29)32-27-19-49-36(22-11-21(12-22)25-5-6-28(39)26(16-38)31(25)36)15-30(27)40-34(41-32)48-20-35-7-3-9-45(35)17-23(37)14-35/h5-6,13,21-23H,3-4,7-12,14-15,17-20,39H2,1-2H3/t21?,22?,23-,35+,36?/m1/s1. The molecule has 3 aliphatic carbocycles. The van der Waals surface area contributed by atoms with Gasteiger partial charge in [-0.3, -0.25) is 14.4 Å². The van der Waals surface area contributed by atoms with Gasteiger partial charge in [-0.2, -0.15) is 20.3 Å². The second-order valence-corrected chi connectivity index (χ2v) is 15.2. The van der Waals surface area contributed by atoms with Gasteiger partial charge in [-0.1, -0.05) is 6.07 Å². The van der Waals surface area contributed by atoms with Crippen molar-refractivity contribution in [3.05, 3.63) is 57.5 Å². The lowest BCUT2D eigenvalue weighted by Gasteiger charge is -2.57. The van der Waals surface area contributed by atoms with Crippen molar-refractivity contribution in [1.29, 1.82) is 5.26 Å². The molecule has 7 aliphatic rings. The van der Waals surface area contributed by atoms with Crippen molar-refractivity contribution in [2.75, 3.05) is 51.0 Å². The van der Waals surface area contributed by atoms with Crippen LogP contribution in [-0.4, -0.2) is 87.5 Å². The quantitative estimate of drug-likeness (QED) is 0.401. The van der Waals surface area contributed by atoms with E-state index in [4.69, 9.17) is 25.2 Å². The average molecular weight is 668 g/mol. The molecule has 2 bridgehead atoms. The number of carbonyl (C=O) groups is 1. The summed E-state index contributed by atoms with van der Waals surface area (Å²) in [5.41, 5.74) is 11.5. The monoisotopic (exact) mass is 667 g/mol. The van der Waals surface area contributed by atoms with Gasteiger partial charge in [0.05, 0.1) is 35.6 Å². The molecule has 6 heterocycles. The van der Waals surface area contributed by atoms with Crippen LogP contribution in [0.4, 0.5) is 15.9 Å². The maximum Gasteiger partial charge on any atom is 0.318 e. The topological polar surface area (TPSA) is 139 Å². The molecule has 10 rings (SSSR count). The third-order valence-electron chi connectivity index (χ3n) is 12.2. The van der Waals surface area contributed by atoms with E-state index in [1.807, 2.05) is 16.8 Å². The normalized spacial score (nSPS) is 29.7. The number of anilines is 2. The number of rotatable bonds is 5. The molecule has 1 spiro atoms. The number of fused-ring (bicyclic) bond motifs is 3. The number of nitrogen functional groups attached to an aromatic ring is 1. The molecule has 49 heavy (non-hydrogen) atoms. The van der Waals surface area contributed by atoms with E-state index in [0.717, 1.165) is 79.1 Å². The minimum atomic E-state index is -0.855. The van der Waals surface area contributed by atoms with Crippen LogP contribution in [0.25, 0.3) is 0 Å². The van der Waals surface area contributed by atoms with Crippen molar-refractivity contribution in [2.24, 2.45) is 5.92 Å². The number of nitriles is 1. The largest absolute Gasteiger partial charge is 0.461 e. The predicted molar refractivity (Wildman–Crippen MR) is 178 cm³/mol. The summed E-state index contributed by atoms with van der Waals surface area (Å²) in [7, 11) is 3.46. The van der Waals surface area contributed by atoms with Crippen LogP contribution >= 0.6 is 0 Å². The number of hydrogen-bond donors (Lipinski definition) is 1. The molecule has 256 valence electrons. The Morgan fingerprint density at radius 3 is 2.90 bits per heavy atom. The lowest BCUT2D eigenvalue weighted by atomic mass is 9.53. The summed E-state index contributed by atoms with van der Waals surface area (Å²) < 4.78 is 30.1. The Kier molecular flexibility index (Phi) is 6.98. The van der Waals surface area contributed by atoms with Crippen LogP contribution in [0.15, 0.2) is 18.2 Å². The smallest absolute Gasteiger partial charge is 0.318 e. The highest BCUT2D eigenvalue weighted by atomic mass is 19.1. The molecule has 1 saturated carbocycles. The molecule has 3 aromatic rings. The molecule has 4 aliphatic heterocycles. The summed E-state index contributed by atoms with van der Waals surface area (Å²) in [5.74, 6) is 1.28. The highest BCUT2D eigenvalue weighted by Crippen LogP contribution is 2.62. The van der Waals surface area contributed by atoms with Crippen molar-refractivity contribution >= 4 is 17.4 Å². The molecule has 3 fully saturated rings. The highest BCUT2D eigenvalue weighted by molar-refractivity contribution is 5.92. The number of halogens is 1. The highest BCUT2D eigenvalue weighted by Gasteiger charge is 2.58. The number of carbonyl (C=O) groups excluding carboxylic acids is 1. The summed E-state index contributed by atoms with van der Waals surface area (Å²) in [5, 5.41) is 14.9. The van der Waals surface area contributed by atoms with E-state index >= 15 is 0 Å². The van der Waals surface area contributed by atoms with Gasteiger partial charge in [0.15, 0.2) is 5.69 Å². The molecule has 3 atom stereocenters. The molecule has 1 amide bonds. The number of amides is 1. The first-order chi connectivity index (χ1) is 23.7. The van der Waals surface area contributed by atoms with Gasteiger partial charge in [0, 0.05) is 63.4 Å². The van der Waals surface area contributed by atoms with Crippen molar-refractivity contribution in [2.45, 2.75) is 87.9 Å². The fraction of sp³-hybridized carbons (Fsp3) is 0.583. The number of benzene rings is 1. The van der Waals surface area contributed by atoms with Crippen LogP contribution in [-0.2, 0) is 36.5 Å². The minimum absolute atomic E-state index is 0.132. The van der Waals surface area contributed by atoms with Crippen molar-refractivity contribution in [3.63, 3.8) is 0 Å². The SMILES string of the molecule is CN(C)C(=O)c1cc2n(n1)CCCN(c1nc(OC[C@@]34CCCN3C[C@H](F)C4)nc3c1COC1(C3)c3c(ccc(N)c3C#N)C3CC1C3)C2. The Morgan fingerprint density at radius 1 is 1.22 bits per heavy atom. The zero-order valence-electron chi connectivity index (χ0n) is 28.1. The molecule has 13 heteroatoms. The fourth-order valence-corrected chi connectivity index (χ4v) is 9.67. The van der Waals surface area contributed by atoms with Crippen LogP contribution in [0.2, 0.25) is 0 Å². The van der Waals surface area contributed by atoms with E-state index < -0.39 is 11.8 Å². The van der Waals surface area contributed by atoms with E-state index in [0.29, 0.717) is 61.9 Å². The zero-order valence-corrected chi connectivity index (χ0v) is 28.1. The summed E-state index contributed by atoms with van der Waals surface area (Å²) in [6.45, 7) is 3.86. The maximum atomic E-state index is 14.6. The first-order valence-corrected chi connectivity index (χ1v) is 17.6. The van der Waals surface area contributed by atoms with Crippen molar-refractivity contribution < 1.29 is 18.7 Å². The Balaban J connectivity index is 1.12. The Hall–Kier alpha value is -4.28.